The van der Waals surface area contributed by atoms with Crippen LogP contribution < -0.4 is 9.80 Å². The third kappa shape index (κ3) is 5.28. The van der Waals surface area contributed by atoms with Gasteiger partial charge in [0, 0.05) is 33.5 Å². The van der Waals surface area contributed by atoms with E-state index in [2.05, 4.69) is 230 Å². The van der Waals surface area contributed by atoms with Crippen molar-refractivity contribution in [2.45, 2.75) is 13.8 Å². The van der Waals surface area contributed by atoms with Crippen molar-refractivity contribution in [3.05, 3.63) is 217 Å². The minimum Gasteiger partial charge on any atom is -0.310 e. The van der Waals surface area contributed by atoms with Crippen molar-refractivity contribution in [3.63, 3.8) is 0 Å². The van der Waals surface area contributed by atoms with Crippen molar-refractivity contribution < 1.29 is 0 Å². The van der Waals surface area contributed by atoms with E-state index < -0.39 is 0 Å². The van der Waals surface area contributed by atoms with Gasteiger partial charge in [0.25, 0.3) is 0 Å². The van der Waals surface area contributed by atoms with Gasteiger partial charge in [0.1, 0.15) is 0 Å². The van der Waals surface area contributed by atoms with Crippen molar-refractivity contribution in [2.24, 2.45) is 0 Å². The van der Waals surface area contributed by atoms with Gasteiger partial charge in [0.05, 0.1) is 11.4 Å². The molecule has 0 aromatic heterocycles. The minimum absolute atomic E-state index is 1.12. The topological polar surface area (TPSA) is 6.48 Å². The summed E-state index contributed by atoms with van der Waals surface area (Å²) in [6, 6.07) is 76.2. The fourth-order valence-electron chi connectivity index (χ4n) is 9.97. The molecule has 60 heavy (non-hydrogen) atoms. The highest BCUT2D eigenvalue weighted by Crippen LogP contribution is 2.53. The van der Waals surface area contributed by atoms with Crippen LogP contribution in [0.2, 0.25) is 0 Å². The quantitative estimate of drug-likeness (QED) is 0.159. The Kier molecular flexibility index (Phi) is 7.70. The molecule has 0 saturated carbocycles. The Morgan fingerprint density at radius 3 is 1.00 bits per heavy atom. The summed E-state index contributed by atoms with van der Waals surface area (Å²) >= 11 is 0. The SMILES string of the molecule is Cc1cccc(N(c2ccc(-c3ccc(N(c4cccc(C)c4)c4ccc5c6c(cccc46)-c4ccccc4-5)cc3)cc2)c2ccc3c4c(cccc24)-c2ccccc2-3)c1. The number of hydrogen-bond donors (Lipinski definition) is 0. The van der Waals surface area contributed by atoms with Gasteiger partial charge in [-0.3, -0.25) is 0 Å². The number of rotatable bonds is 7. The summed E-state index contributed by atoms with van der Waals surface area (Å²) in [6.07, 6.45) is 0. The van der Waals surface area contributed by atoms with Gasteiger partial charge in [-0.2, -0.15) is 0 Å². The lowest BCUT2D eigenvalue weighted by Gasteiger charge is -2.28. The van der Waals surface area contributed by atoms with Crippen LogP contribution >= 0.6 is 0 Å². The molecule has 0 saturated heterocycles. The normalized spacial score (nSPS) is 11.8. The van der Waals surface area contributed by atoms with E-state index in [0.29, 0.717) is 0 Å². The van der Waals surface area contributed by atoms with Crippen molar-refractivity contribution in [2.75, 3.05) is 9.80 Å². The average Bonchev–Trinajstić information content (AvgIpc) is 3.80. The van der Waals surface area contributed by atoms with E-state index in [1.807, 2.05) is 0 Å². The fraction of sp³-hybridized carbons (Fsp3) is 0.0345. The Balaban J connectivity index is 0.933. The number of fused-ring (bicyclic) bond motifs is 6. The Hall–Kier alpha value is -7.68. The zero-order valence-corrected chi connectivity index (χ0v) is 33.5. The molecule has 0 fully saturated rings. The maximum Gasteiger partial charge on any atom is 0.0540 e. The molecule has 10 aromatic carbocycles. The maximum absolute atomic E-state index is 2.42. The molecule has 2 aliphatic carbocycles. The van der Waals surface area contributed by atoms with Gasteiger partial charge < -0.3 is 9.80 Å². The van der Waals surface area contributed by atoms with E-state index in [-0.39, 0.29) is 0 Å². The molecule has 0 unspecified atom stereocenters. The molecule has 2 heteroatoms. The Morgan fingerprint density at radius 1 is 0.267 bits per heavy atom. The third-order valence-electron chi connectivity index (χ3n) is 12.6. The smallest absolute Gasteiger partial charge is 0.0540 e. The van der Waals surface area contributed by atoms with E-state index in [1.54, 1.807) is 0 Å². The Bertz CT molecular complexity index is 3050. The second-order valence-electron chi connectivity index (χ2n) is 16.3. The lowest BCUT2D eigenvalue weighted by Crippen LogP contribution is -2.11. The molecule has 0 aliphatic heterocycles. The van der Waals surface area contributed by atoms with E-state index in [0.717, 1.165) is 22.7 Å². The van der Waals surface area contributed by atoms with E-state index >= 15 is 0 Å². The summed E-state index contributed by atoms with van der Waals surface area (Å²) in [6.45, 7) is 4.34. The second-order valence-corrected chi connectivity index (χ2v) is 16.3. The third-order valence-corrected chi connectivity index (χ3v) is 12.6. The Labute approximate surface area is 350 Å². The molecule has 0 amide bonds. The molecule has 0 heterocycles. The molecule has 10 aromatic rings. The first-order valence-corrected chi connectivity index (χ1v) is 20.8. The summed E-state index contributed by atoms with van der Waals surface area (Å²) in [5, 5.41) is 5.16. The number of hydrogen-bond acceptors (Lipinski definition) is 2. The lowest BCUT2D eigenvalue weighted by molar-refractivity contribution is 1.28. The summed E-state index contributed by atoms with van der Waals surface area (Å²) < 4.78 is 0. The van der Waals surface area contributed by atoms with Crippen molar-refractivity contribution >= 4 is 55.7 Å². The molecule has 12 rings (SSSR count). The predicted molar refractivity (Wildman–Crippen MR) is 255 cm³/mol. The minimum atomic E-state index is 1.12. The van der Waals surface area contributed by atoms with Crippen LogP contribution in [0.3, 0.4) is 0 Å². The second kappa shape index (κ2) is 13.4. The molecule has 0 radical (unpaired) electrons. The first-order valence-electron chi connectivity index (χ1n) is 20.8. The summed E-state index contributed by atoms with van der Waals surface area (Å²) in [5.74, 6) is 0. The first kappa shape index (κ1) is 34.4. The van der Waals surface area contributed by atoms with Gasteiger partial charge in [0.2, 0.25) is 0 Å². The molecular formula is C58H40N2. The Morgan fingerprint density at radius 2 is 0.617 bits per heavy atom. The highest BCUT2D eigenvalue weighted by Gasteiger charge is 2.26. The molecule has 2 nitrogen and oxygen atoms in total. The van der Waals surface area contributed by atoms with Gasteiger partial charge in [-0.05, 0) is 152 Å². The van der Waals surface area contributed by atoms with Crippen LogP contribution in [0.5, 0.6) is 0 Å². The number of aryl methyl sites for hydroxylation is 2. The zero-order valence-electron chi connectivity index (χ0n) is 33.5. The van der Waals surface area contributed by atoms with E-state index in [9.17, 15) is 0 Å². The van der Waals surface area contributed by atoms with Crippen LogP contribution in [-0.2, 0) is 0 Å². The molecule has 0 atom stereocenters. The molecule has 0 bridgehead atoms. The average molecular weight is 765 g/mol. The molecule has 0 spiro atoms. The van der Waals surface area contributed by atoms with Crippen molar-refractivity contribution in [1.82, 2.24) is 0 Å². The van der Waals surface area contributed by atoms with E-state index in [1.165, 1.54) is 99.7 Å². The number of nitrogens with zero attached hydrogens (tertiary/aromatic N) is 2. The van der Waals surface area contributed by atoms with Crippen LogP contribution in [0, 0.1) is 13.8 Å². The van der Waals surface area contributed by atoms with Crippen LogP contribution in [0.1, 0.15) is 11.1 Å². The highest BCUT2D eigenvalue weighted by atomic mass is 15.1. The van der Waals surface area contributed by atoms with Crippen molar-refractivity contribution in [1.29, 1.82) is 0 Å². The van der Waals surface area contributed by atoms with Gasteiger partial charge >= 0.3 is 0 Å². The van der Waals surface area contributed by atoms with Crippen LogP contribution in [0.25, 0.3) is 77.2 Å². The summed E-state index contributed by atoms with van der Waals surface area (Å²) in [7, 11) is 0. The molecule has 0 N–H and O–H groups in total. The van der Waals surface area contributed by atoms with Gasteiger partial charge in [0.15, 0.2) is 0 Å². The standard InChI is InChI=1S/C58H40N2/c1-37-11-7-13-43(35-37)59(55-33-31-51-47-17-5-3-15-45(47)49-19-9-21-53(55)57(49)51)41-27-23-39(24-28-41)40-25-29-42(30-26-40)60(44-14-8-12-38(2)36-44)56-34-32-52-48-18-6-4-16-46(48)50-20-10-22-54(56)58(50)52/h3-36H,1-2H3. The van der Waals surface area contributed by atoms with Crippen LogP contribution in [-0.4, -0.2) is 0 Å². The predicted octanol–water partition coefficient (Wildman–Crippen LogP) is 16.5. The first-order chi connectivity index (χ1) is 29.6. The number of anilines is 6. The summed E-state index contributed by atoms with van der Waals surface area (Å²) in [5.41, 5.74) is 22.2. The van der Waals surface area contributed by atoms with Gasteiger partial charge in [-0.1, -0.05) is 146 Å². The molecule has 282 valence electrons. The molecular weight excluding hydrogens is 725 g/mol. The van der Waals surface area contributed by atoms with Crippen LogP contribution in [0.15, 0.2) is 206 Å². The monoisotopic (exact) mass is 764 g/mol. The summed E-state index contributed by atoms with van der Waals surface area (Å²) in [4.78, 5) is 4.84. The number of benzene rings is 10. The van der Waals surface area contributed by atoms with Gasteiger partial charge in [-0.15, -0.1) is 0 Å². The molecule has 2 aliphatic rings. The largest absolute Gasteiger partial charge is 0.310 e. The van der Waals surface area contributed by atoms with Crippen LogP contribution in [0.4, 0.5) is 34.1 Å². The fourth-order valence-corrected chi connectivity index (χ4v) is 9.97. The van der Waals surface area contributed by atoms with E-state index in [4.69, 9.17) is 0 Å². The van der Waals surface area contributed by atoms with Gasteiger partial charge in [-0.25, -0.2) is 0 Å². The highest BCUT2D eigenvalue weighted by molar-refractivity contribution is 6.20. The lowest BCUT2D eigenvalue weighted by atomic mass is 9.99. The van der Waals surface area contributed by atoms with Crippen molar-refractivity contribution in [3.8, 4) is 55.6 Å². The maximum atomic E-state index is 2.42. The zero-order chi connectivity index (χ0) is 39.9.